The number of hydrogen-bond acceptors (Lipinski definition) is 6. The Morgan fingerprint density at radius 3 is 2.41 bits per heavy atom. The number of hydrogen-bond donors (Lipinski definition) is 3. The van der Waals surface area contributed by atoms with Gasteiger partial charge in [-0.15, -0.1) is 0 Å². The number of nitrogens with one attached hydrogen (secondary N) is 2. The minimum Gasteiger partial charge on any atom is -0.332 e. The van der Waals surface area contributed by atoms with Crippen molar-refractivity contribution in [3.8, 4) is 0 Å². The van der Waals surface area contributed by atoms with Crippen LogP contribution in [0.15, 0.2) is 47.5 Å². The number of benzene rings is 1. The molecule has 2 aromatic rings. The Kier molecular flexibility index (Phi) is 6.48. The molecule has 0 fully saturated rings. The molecule has 1 heterocycles. The molecule has 0 bridgehead atoms. The maximum absolute atomic E-state index is 12.3. The van der Waals surface area contributed by atoms with Gasteiger partial charge in [-0.3, -0.25) is 9.78 Å². The molecule has 0 radical (unpaired) electrons. The van der Waals surface area contributed by atoms with E-state index in [0.29, 0.717) is 5.69 Å². The van der Waals surface area contributed by atoms with Gasteiger partial charge < -0.3 is 16.0 Å². The van der Waals surface area contributed by atoms with E-state index in [2.05, 4.69) is 10.3 Å². The summed E-state index contributed by atoms with van der Waals surface area (Å²) >= 11 is 0. The summed E-state index contributed by atoms with van der Waals surface area (Å²) in [6.07, 6.45) is 1.37. The molecule has 3 amide bonds. The second-order valence-electron chi connectivity index (χ2n) is 5.87. The minimum atomic E-state index is -4.02. The molecule has 0 aliphatic heterocycles. The third-order valence-electron chi connectivity index (χ3n) is 3.60. The van der Waals surface area contributed by atoms with Gasteiger partial charge in [0, 0.05) is 32.4 Å². The molecule has 0 atom stereocenters. The van der Waals surface area contributed by atoms with E-state index in [1.54, 1.807) is 26.2 Å². The first kappa shape index (κ1) is 20.3. The number of urea groups is 1. The Balaban J connectivity index is 2.10. The van der Waals surface area contributed by atoms with Crippen LogP contribution in [0.3, 0.4) is 0 Å². The van der Waals surface area contributed by atoms with Gasteiger partial charge in [0.25, 0.3) is 15.9 Å². The van der Waals surface area contributed by atoms with Gasteiger partial charge in [-0.05, 0) is 29.8 Å². The number of carbonyl (C=O) groups excluding carboxylic acids is 2. The van der Waals surface area contributed by atoms with Crippen LogP contribution >= 0.6 is 0 Å². The lowest BCUT2D eigenvalue weighted by Gasteiger charge is -2.12. The molecule has 4 N–H and O–H groups in total. The molecule has 0 saturated heterocycles. The standard InChI is InChI=1S/C17H21N5O4S/c1-22(2)17(24)20-11-14-9-13(7-8-19-14)16(23)21-27(25,26)15-5-3-12(10-18)4-6-15/h3-9H,10-11,18H2,1-2H3,(H,20,24)(H,21,23). The molecule has 10 heteroatoms. The summed E-state index contributed by atoms with van der Waals surface area (Å²) in [7, 11) is -0.830. The summed E-state index contributed by atoms with van der Waals surface area (Å²) < 4.78 is 26.7. The smallest absolute Gasteiger partial charge is 0.317 e. The van der Waals surface area contributed by atoms with Crippen molar-refractivity contribution in [1.82, 2.24) is 19.9 Å². The molecule has 9 nitrogen and oxygen atoms in total. The Hall–Kier alpha value is -2.98. The molecule has 1 aromatic heterocycles. The van der Waals surface area contributed by atoms with Crippen molar-refractivity contribution in [2.24, 2.45) is 5.73 Å². The zero-order valence-corrected chi connectivity index (χ0v) is 15.8. The topological polar surface area (TPSA) is 134 Å². The van der Waals surface area contributed by atoms with Gasteiger partial charge in [-0.1, -0.05) is 12.1 Å². The van der Waals surface area contributed by atoms with Gasteiger partial charge in [0.2, 0.25) is 0 Å². The molecule has 2 rings (SSSR count). The van der Waals surface area contributed by atoms with Crippen LogP contribution in [0.1, 0.15) is 21.6 Å². The fourth-order valence-electron chi connectivity index (χ4n) is 2.08. The normalized spacial score (nSPS) is 10.9. The first-order valence-electron chi connectivity index (χ1n) is 7.99. The fourth-order valence-corrected chi connectivity index (χ4v) is 3.06. The highest BCUT2D eigenvalue weighted by atomic mass is 32.2. The maximum atomic E-state index is 12.3. The molecule has 0 saturated carbocycles. The number of pyridine rings is 1. The monoisotopic (exact) mass is 391 g/mol. The van der Waals surface area contributed by atoms with Crippen molar-refractivity contribution in [3.05, 3.63) is 59.4 Å². The number of sulfonamides is 1. The van der Waals surface area contributed by atoms with Crippen molar-refractivity contribution >= 4 is 22.0 Å². The van der Waals surface area contributed by atoms with Crippen LogP contribution in [0.25, 0.3) is 0 Å². The van der Waals surface area contributed by atoms with E-state index in [4.69, 9.17) is 5.73 Å². The van der Waals surface area contributed by atoms with Gasteiger partial charge in [-0.25, -0.2) is 17.9 Å². The predicted octanol–water partition coefficient (Wildman–Crippen LogP) is 0.430. The van der Waals surface area contributed by atoms with Crippen LogP contribution in [0.2, 0.25) is 0 Å². The zero-order chi connectivity index (χ0) is 20.0. The van der Waals surface area contributed by atoms with Crippen LogP contribution < -0.4 is 15.8 Å². The highest BCUT2D eigenvalue weighted by Gasteiger charge is 2.19. The number of carbonyl (C=O) groups is 2. The molecule has 0 spiro atoms. The van der Waals surface area contributed by atoms with E-state index in [1.165, 1.54) is 35.4 Å². The number of nitrogens with two attached hydrogens (primary N) is 1. The lowest BCUT2D eigenvalue weighted by atomic mass is 10.2. The van der Waals surface area contributed by atoms with Crippen LogP contribution in [-0.2, 0) is 23.1 Å². The second kappa shape index (κ2) is 8.60. The van der Waals surface area contributed by atoms with Crippen LogP contribution in [0.5, 0.6) is 0 Å². The Bertz CT molecular complexity index is 927. The molecule has 144 valence electrons. The SMILES string of the molecule is CN(C)C(=O)NCc1cc(C(=O)NS(=O)(=O)c2ccc(CN)cc2)ccn1. The van der Waals surface area contributed by atoms with Crippen LogP contribution in [0, 0.1) is 0 Å². The maximum Gasteiger partial charge on any atom is 0.317 e. The molecular weight excluding hydrogens is 370 g/mol. The minimum absolute atomic E-state index is 0.0411. The molecule has 0 aliphatic carbocycles. The summed E-state index contributed by atoms with van der Waals surface area (Å²) in [5.41, 5.74) is 6.79. The van der Waals surface area contributed by atoms with Gasteiger partial charge in [0.1, 0.15) is 0 Å². The van der Waals surface area contributed by atoms with Gasteiger partial charge in [-0.2, -0.15) is 0 Å². The van der Waals surface area contributed by atoms with Gasteiger partial charge in [0.05, 0.1) is 17.1 Å². The Morgan fingerprint density at radius 1 is 1.15 bits per heavy atom. The highest BCUT2D eigenvalue weighted by Crippen LogP contribution is 2.11. The summed E-state index contributed by atoms with van der Waals surface area (Å²) in [6.45, 7) is 0.391. The first-order chi connectivity index (χ1) is 12.7. The van der Waals surface area contributed by atoms with Gasteiger partial charge in [0.15, 0.2) is 0 Å². The molecule has 0 aliphatic rings. The quantitative estimate of drug-likeness (QED) is 0.654. The van der Waals surface area contributed by atoms with Crippen molar-refractivity contribution in [2.75, 3.05) is 14.1 Å². The summed E-state index contributed by atoms with van der Waals surface area (Å²) in [5, 5.41) is 2.61. The largest absolute Gasteiger partial charge is 0.332 e. The fraction of sp³-hybridized carbons (Fsp3) is 0.235. The van der Waals surface area contributed by atoms with Crippen molar-refractivity contribution < 1.29 is 18.0 Å². The number of rotatable bonds is 6. The molecule has 1 aromatic carbocycles. The lowest BCUT2D eigenvalue weighted by Crippen LogP contribution is -2.34. The number of amides is 3. The predicted molar refractivity (Wildman–Crippen MR) is 99.1 cm³/mol. The van der Waals surface area contributed by atoms with Crippen molar-refractivity contribution in [1.29, 1.82) is 0 Å². The summed E-state index contributed by atoms with van der Waals surface area (Å²) in [5.74, 6) is -0.791. The lowest BCUT2D eigenvalue weighted by molar-refractivity contribution is 0.0981. The second-order valence-corrected chi connectivity index (χ2v) is 7.55. The molecular formula is C17H21N5O4S. The first-order valence-corrected chi connectivity index (χ1v) is 9.47. The number of aromatic nitrogens is 1. The Labute approximate surface area is 157 Å². The van der Waals surface area contributed by atoms with Crippen molar-refractivity contribution in [2.45, 2.75) is 18.0 Å². The molecule has 0 unspecified atom stereocenters. The summed E-state index contributed by atoms with van der Waals surface area (Å²) in [4.78, 5) is 29.2. The van der Waals surface area contributed by atoms with E-state index in [0.717, 1.165) is 5.56 Å². The van der Waals surface area contributed by atoms with Crippen molar-refractivity contribution in [3.63, 3.8) is 0 Å². The Morgan fingerprint density at radius 2 is 1.81 bits per heavy atom. The third kappa shape index (κ3) is 5.50. The average Bonchev–Trinajstić information content (AvgIpc) is 2.65. The third-order valence-corrected chi connectivity index (χ3v) is 4.95. The van der Waals surface area contributed by atoms with Gasteiger partial charge >= 0.3 is 6.03 Å². The zero-order valence-electron chi connectivity index (χ0n) is 15.0. The van der Waals surface area contributed by atoms with E-state index >= 15 is 0 Å². The average molecular weight is 391 g/mol. The summed E-state index contributed by atoms with van der Waals surface area (Å²) in [6, 6.07) is 8.42. The van der Waals surface area contributed by atoms with Crippen LogP contribution in [0.4, 0.5) is 4.79 Å². The van der Waals surface area contributed by atoms with Crippen LogP contribution in [-0.4, -0.2) is 44.3 Å². The highest BCUT2D eigenvalue weighted by molar-refractivity contribution is 7.90. The van der Waals surface area contributed by atoms with E-state index in [-0.39, 0.29) is 29.6 Å². The van der Waals surface area contributed by atoms with E-state index < -0.39 is 15.9 Å². The molecule has 27 heavy (non-hydrogen) atoms. The number of nitrogens with zero attached hydrogens (tertiary/aromatic N) is 2. The van der Waals surface area contributed by atoms with E-state index in [9.17, 15) is 18.0 Å². The van der Waals surface area contributed by atoms with E-state index in [1.807, 2.05) is 4.72 Å².